The number of allylic oxidation sites excluding steroid dienone is 1. The largest absolute Gasteiger partial charge is 0.504 e. The molecule has 5 heteroatoms. The summed E-state index contributed by atoms with van der Waals surface area (Å²) in [5.74, 6) is -1.25. The van der Waals surface area contributed by atoms with Crippen molar-refractivity contribution in [2.75, 3.05) is 0 Å². The molecular weight excluding hydrogens is 308 g/mol. The summed E-state index contributed by atoms with van der Waals surface area (Å²) in [4.78, 5) is 25.0. The lowest BCUT2D eigenvalue weighted by atomic mass is 9.77. The second-order valence-electron chi connectivity index (χ2n) is 7.69. The number of fused-ring (bicyclic) bond motifs is 2. The number of phenolic OH excluding ortho intramolecular Hbond substituents is 2. The molecule has 128 valence electrons. The maximum absolute atomic E-state index is 12.8. The van der Waals surface area contributed by atoms with Gasteiger partial charge in [0.25, 0.3) is 0 Å². The quantitative estimate of drug-likeness (QED) is 0.610. The fourth-order valence-electron chi connectivity index (χ4n) is 3.73. The Bertz CT molecular complexity index is 800. The van der Waals surface area contributed by atoms with E-state index in [2.05, 4.69) is 0 Å². The molecule has 2 aliphatic rings. The molecule has 0 saturated carbocycles. The third-order valence-corrected chi connectivity index (χ3v) is 5.16. The lowest BCUT2D eigenvalue weighted by molar-refractivity contribution is -0.152. The third-order valence-electron chi connectivity index (χ3n) is 5.16. The number of ether oxygens (including phenoxy) is 1. The maximum Gasteiger partial charge on any atom is 0.316 e. The molecule has 1 heterocycles. The molecule has 0 aromatic heterocycles. The summed E-state index contributed by atoms with van der Waals surface area (Å²) in [6.07, 6.45) is 1.60. The number of phenols is 2. The van der Waals surface area contributed by atoms with Crippen LogP contribution >= 0.6 is 0 Å². The van der Waals surface area contributed by atoms with E-state index in [4.69, 9.17) is 4.74 Å². The van der Waals surface area contributed by atoms with Gasteiger partial charge < -0.3 is 14.9 Å². The number of hydrogen-bond donors (Lipinski definition) is 2. The minimum absolute atomic E-state index is 0.0470. The van der Waals surface area contributed by atoms with Crippen molar-refractivity contribution in [3.8, 4) is 11.5 Å². The van der Waals surface area contributed by atoms with Crippen LogP contribution in [0.1, 0.15) is 62.0 Å². The number of carbonyl (C=O) groups is 2. The van der Waals surface area contributed by atoms with Crippen LogP contribution in [0, 0.1) is 5.41 Å². The summed E-state index contributed by atoms with van der Waals surface area (Å²) in [7, 11) is 0. The Morgan fingerprint density at radius 3 is 2.33 bits per heavy atom. The number of aromatic hydroxyl groups is 2. The topological polar surface area (TPSA) is 83.8 Å². The van der Waals surface area contributed by atoms with Crippen LogP contribution in [-0.2, 0) is 16.0 Å². The van der Waals surface area contributed by atoms with E-state index in [9.17, 15) is 19.8 Å². The van der Waals surface area contributed by atoms with Crippen LogP contribution in [0.15, 0.2) is 17.7 Å². The number of benzene rings is 1. The highest BCUT2D eigenvalue weighted by atomic mass is 16.6. The van der Waals surface area contributed by atoms with E-state index in [1.54, 1.807) is 26.8 Å². The first kappa shape index (κ1) is 16.6. The Labute approximate surface area is 140 Å². The first-order valence-corrected chi connectivity index (χ1v) is 8.07. The minimum Gasteiger partial charge on any atom is -0.504 e. The van der Waals surface area contributed by atoms with Gasteiger partial charge in [0.2, 0.25) is 0 Å². The average Bonchev–Trinajstić information content (AvgIpc) is 2.57. The van der Waals surface area contributed by atoms with Crippen LogP contribution in [0.5, 0.6) is 11.5 Å². The van der Waals surface area contributed by atoms with Crippen molar-refractivity contribution in [3.05, 3.63) is 34.4 Å². The minimum atomic E-state index is -1.01. The fraction of sp³-hybridized carbons (Fsp3) is 0.474. The molecule has 3 rings (SSSR count). The molecule has 0 radical (unpaired) electrons. The van der Waals surface area contributed by atoms with Crippen molar-refractivity contribution >= 4 is 11.8 Å². The zero-order chi connectivity index (χ0) is 18.0. The highest BCUT2D eigenvalue weighted by molar-refractivity contribution is 6.09. The van der Waals surface area contributed by atoms with Gasteiger partial charge in [0.15, 0.2) is 17.3 Å². The van der Waals surface area contributed by atoms with E-state index in [-0.39, 0.29) is 29.6 Å². The first-order valence-electron chi connectivity index (χ1n) is 8.07. The molecule has 1 aromatic carbocycles. The van der Waals surface area contributed by atoms with E-state index in [1.165, 1.54) is 6.08 Å². The molecule has 1 aliphatic carbocycles. The summed E-state index contributed by atoms with van der Waals surface area (Å²) in [6, 6.07) is 1.63. The van der Waals surface area contributed by atoms with Crippen molar-refractivity contribution in [2.45, 2.75) is 52.6 Å². The molecule has 0 bridgehead atoms. The standard InChI is InChI=1S/C19H22O5/c1-9(2)10-6-11-12(16(22)15(10)21)8-19(5)14(7-13(11)20)18(3,4)17(23)24-19/h6-7,9,21-22H,8H2,1-5H3/t19-/m0/s1. The zero-order valence-corrected chi connectivity index (χ0v) is 14.6. The molecule has 2 N–H and O–H groups in total. The van der Waals surface area contributed by atoms with Gasteiger partial charge in [-0.1, -0.05) is 13.8 Å². The van der Waals surface area contributed by atoms with Crippen molar-refractivity contribution < 1.29 is 24.5 Å². The van der Waals surface area contributed by atoms with Crippen LogP contribution < -0.4 is 0 Å². The van der Waals surface area contributed by atoms with E-state index < -0.39 is 17.0 Å². The van der Waals surface area contributed by atoms with Gasteiger partial charge in [-0.15, -0.1) is 0 Å². The molecule has 1 saturated heterocycles. The van der Waals surface area contributed by atoms with Crippen LogP contribution in [0.25, 0.3) is 0 Å². The normalized spacial score (nSPS) is 25.0. The van der Waals surface area contributed by atoms with Crippen LogP contribution in [-0.4, -0.2) is 27.6 Å². The van der Waals surface area contributed by atoms with Gasteiger partial charge in [0, 0.05) is 23.1 Å². The monoisotopic (exact) mass is 330 g/mol. The lowest BCUT2D eigenvalue weighted by Gasteiger charge is -2.26. The smallest absolute Gasteiger partial charge is 0.316 e. The van der Waals surface area contributed by atoms with Gasteiger partial charge >= 0.3 is 5.97 Å². The molecule has 1 aromatic rings. The second-order valence-corrected chi connectivity index (χ2v) is 7.69. The number of carbonyl (C=O) groups excluding carboxylic acids is 2. The summed E-state index contributed by atoms with van der Waals surface area (Å²) in [5, 5.41) is 20.8. The van der Waals surface area contributed by atoms with Crippen LogP contribution in [0.3, 0.4) is 0 Å². The second kappa shape index (κ2) is 4.85. The third kappa shape index (κ3) is 2.07. The van der Waals surface area contributed by atoms with Gasteiger partial charge in [-0.25, -0.2) is 0 Å². The predicted octanol–water partition coefficient (Wildman–Crippen LogP) is 3.23. The Kier molecular flexibility index (Phi) is 3.35. The van der Waals surface area contributed by atoms with Crippen molar-refractivity contribution in [3.63, 3.8) is 0 Å². The Morgan fingerprint density at radius 2 is 1.75 bits per heavy atom. The lowest BCUT2D eigenvalue weighted by Crippen LogP contribution is -2.30. The Balaban J connectivity index is 2.27. The van der Waals surface area contributed by atoms with Crippen molar-refractivity contribution in [1.82, 2.24) is 0 Å². The number of esters is 1. The maximum atomic E-state index is 12.8. The molecule has 24 heavy (non-hydrogen) atoms. The molecule has 0 spiro atoms. The SMILES string of the molecule is CC(C)c1cc2c(c(O)c1O)C[C@]1(C)OC(=O)C(C)(C)C1=CC2=O. The van der Waals surface area contributed by atoms with Crippen molar-refractivity contribution in [2.24, 2.45) is 5.41 Å². The summed E-state index contributed by atoms with van der Waals surface area (Å²) >= 11 is 0. The van der Waals surface area contributed by atoms with Gasteiger partial charge in [-0.05, 0) is 44.4 Å². The van der Waals surface area contributed by atoms with Crippen LogP contribution in [0.2, 0.25) is 0 Å². The van der Waals surface area contributed by atoms with E-state index in [0.717, 1.165) is 0 Å². The molecule has 0 unspecified atom stereocenters. The molecule has 0 amide bonds. The number of ketones is 1. The highest BCUT2D eigenvalue weighted by Gasteiger charge is 2.55. The molecule has 1 aliphatic heterocycles. The first-order chi connectivity index (χ1) is 11.0. The summed E-state index contributed by atoms with van der Waals surface area (Å²) in [5.41, 5.74) is -0.113. The zero-order valence-electron chi connectivity index (χ0n) is 14.6. The van der Waals surface area contributed by atoms with E-state index >= 15 is 0 Å². The number of hydrogen-bond acceptors (Lipinski definition) is 5. The fourth-order valence-corrected chi connectivity index (χ4v) is 3.73. The van der Waals surface area contributed by atoms with Gasteiger partial charge in [-0.2, -0.15) is 0 Å². The molecule has 5 nitrogen and oxygen atoms in total. The Hall–Kier alpha value is -2.30. The highest BCUT2D eigenvalue weighted by Crippen LogP contribution is 2.51. The predicted molar refractivity (Wildman–Crippen MR) is 88.3 cm³/mol. The average molecular weight is 330 g/mol. The molecular formula is C19H22O5. The van der Waals surface area contributed by atoms with Gasteiger partial charge in [0.05, 0.1) is 5.41 Å². The van der Waals surface area contributed by atoms with Gasteiger partial charge in [0.1, 0.15) is 5.60 Å². The summed E-state index contributed by atoms with van der Waals surface area (Å²) < 4.78 is 5.57. The number of rotatable bonds is 1. The van der Waals surface area contributed by atoms with E-state index in [1.807, 2.05) is 13.8 Å². The molecule has 1 fully saturated rings. The Morgan fingerprint density at radius 1 is 1.12 bits per heavy atom. The van der Waals surface area contributed by atoms with E-state index in [0.29, 0.717) is 22.3 Å². The van der Waals surface area contributed by atoms with Crippen LogP contribution in [0.4, 0.5) is 0 Å². The van der Waals surface area contributed by atoms with Gasteiger partial charge in [-0.3, -0.25) is 9.59 Å². The van der Waals surface area contributed by atoms with Crippen molar-refractivity contribution in [1.29, 1.82) is 0 Å². The molecule has 1 atom stereocenters. The summed E-state index contributed by atoms with van der Waals surface area (Å²) in [6.45, 7) is 8.95.